The van der Waals surface area contributed by atoms with Gasteiger partial charge in [-0.1, -0.05) is 240 Å². The summed E-state index contributed by atoms with van der Waals surface area (Å²) in [5.74, 6) is 0.888. The van der Waals surface area contributed by atoms with E-state index < -0.39 is 6.10 Å². The third kappa shape index (κ3) is 42.3. The van der Waals surface area contributed by atoms with Crippen LogP contribution in [-0.2, 0) is 28.6 Å². The number of ether oxygens (including phenoxy) is 3. The van der Waals surface area contributed by atoms with Crippen molar-refractivity contribution in [1.82, 2.24) is 0 Å². The first-order chi connectivity index (χ1) is 27.8. The van der Waals surface area contributed by atoms with Crippen molar-refractivity contribution >= 4 is 17.9 Å². The molecule has 0 bridgehead atoms. The maximum absolute atomic E-state index is 12.7. The fourth-order valence-corrected chi connectivity index (χ4v) is 7.57. The molecular weight excluding hydrogens is 709 g/mol. The SMILES string of the molecule is CCCCCCCC(=O)OC[C@H](COC(=O)CCCCCCCCCCCCCCCCCCCCC(C)CC)OC(=O)CCCCCCCCCCC(C)CC. The van der Waals surface area contributed by atoms with Crippen LogP contribution >= 0.6 is 0 Å². The van der Waals surface area contributed by atoms with Crippen LogP contribution in [0.3, 0.4) is 0 Å². The van der Waals surface area contributed by atoms with Crippen molar-refractivity contribution in [3.63, 3.8) is 0 Å². The highest BCUT2D eigenvalue weighted by Crippen LogP contribution is 2.18. The molecule has 6 heteroatoms. The minimum absolute atomic E-state index is 0.0654. The molecule has 0 N–H and O–H groups in total. The maximum atomic E-state index is 12.7. The van der Waals surface area contributed by atoms with Gasteiger partial charge in [-0.2, -0.15) is 0 Å². The highest BCUT2D eigenvalue weighted by Gasteiger charge is 2.19. The van der Waals surface area contributed by atoms with Crippen LogP contribution in [0.1, 0.15) is 279 Å². The van der Waals surface area contributed by atoms with E-state index in [4.69, 9.17) is 14.2 Å². The lowest BCUT2D eigenvalue weighted by atomic mass is 9.99. The highest BCUT2D eigenvalue weighted by atomic mass is 16.6. The zero-order valence-corrected chi connectivity index (χ0v) is 39.0. The van der Waals surface area contributed by atoms with E-state index in [2.05, 4.69) is 34.6 Å². The summed E-state index contributed by atoms with van der Waals surface area (Å²) >= 11 is 0. The molecule has 3 atom stereocenters. The van der Waals surface area contributed by atoms with E-state index >= 15 is 0 Å². The summed E-state index contributed by atoms with van der Waals surface area (Å²) in [5, 5.41) is 0. The molecule has 0 aliphatic carbocycles. The van der Waals surface area contributed by atoms with E-state index in [1.54, 1.807) is 0 Å². The van der Waals surface area contributed by atoms with Gasteiger partial charge in [0.1, 0.15) is 13.2 Å². The topological polar surface area (TPSA) is 78.9 Å². The minimum atomic E-state index is -0.759. The standard InChI is InChI=1S/C51H98O6/c1-6-9-10-29-36-41-49(52)55-44-48(57-51(54)43-38-33-28-24-23-26-31-35-40-47(5)8-3)45-56-50(53)42-37-32-27-22-20-18-16-14-12-11-13-15-17-19-21-25-30-34-39-46(4)7-2/h46-48H,6-45H2,1-5H3/t46?,47?,48-/m1/s1. The molecule has 2 unspecified atom stereocenters. The molecule has 0 aromatic carbocycles. The van der Waals surface area contributed by atoms with Gasteiger partial charge in [0, 0.05) is 19.3 Å². The van der Waals surface area contributed by atoms with Crippen molar-refractivity contribution in [2.75, 3.05) is 13.2 Å². The quantitative estimate of drug-likeness (QED) is 0.0346. The van der Waals surface area contributed by atoms with Crippen molar-refractivity contribution in [3.05, 3.63) is 0 Å². The van der Waals surface area contributed by atoms with Gasteiger partial charge in [0.2, 0.25) is 0 Å². The second kappa shape index (κ2) is 44.0. The molecule has 0 spiro atoms. The molecule has 6 nitrogen and oxygen atoms in total. The third-order valence-electron chi connectivity index (χ3n) is 12.2. The number of carbonyl (C=O) groups excluding carboxylic acids is 3. The fourth-order valence-electron chi connectivity index (χ4n) is 7.57. The van der Waals surface area contributed by atoms with Gasteiger partial charge in [-0.05, 0) is 31.1 Å². The van der Waals surface area contributed by atoms with Crippen LogP contribution in [0.15, 0.2) is 0 Å². The fraction of sp³-hybridized carbons (Fsp3) is 0.941. The summed E-state index contributed by atoms with van der Waals surface area (Å²) in [4.78, 5) is 37.6. The Balaban J connectivity index is 4.05. The smallest absolute Gasteiger partial charge is 0.306 e. The van der Waals surface area contributed by atoms with Gasteiger partial charge in [0.05, 0.1) is 0 Å². The van der Waals surface area contributed by atoms with Crippen LogP contribution in [-0.4, -0.2) is 37.2 Å². The van der Waals surface area contributed by atoms with Crippen LogP contribution in [0.4, 0.5) is 0 Å². The van der Waals surface area contributed by atoms with E-state index in [0.717, 1.165) is 76.0 Å². The molecule has 0 rings (SSSR count). The number of rotatable bonds is 45. The molecule has 0 radical (unpaired) electrons. The molecule has 0 amide bonds. The lowest BCUT2D eigenvalue weighted by Gasteiger charge is -2.18. The van der Waals surface area contributed by atoms with Crippen LogP contribution in [0.2, 0.25) is 0 Å². The molecule has 338 valence electrons. The zero-order valence-electron chi connectivity index (χ0n) is 39.0. The van der Waals surface area contributed by atoms with Gasteiger partial charge >= 0.3 is 17.9 Å². The summed E-state index contributed by atoms with van der Waals surface area (Å²) < 4.78 is 16.7. The largest absolute Gasteiger partial charge is 0.462 e. The predicted molar refractivity (Wildman–Crippen MR) is 243 cm³/mol. The Hall–Kier alpha value is -1.59. The van der Waals surface area contributed by atoms with Crippen molar-refractivity contribution in [1.29, 1.82) is 0 Å². The summed E-state index contributed by atoms with van der Waals surface area (Å²) in [6.45, 7) is 11.3. The van der Waals surface area contributed by atoms with Crippen LogP contribution in [0, 0.1) is 11.8 Å². The van der Waals surface area contributed by atoms with Gasteiger partial charge < -0.3 is 14.2 Å². The Bertz CT molecular complexity index is 874. The highest BCUT2D eigenvalue weighted by molar-refractivity contribution is 5.71. The number of hydrogen-bond donors (Lipinski definition) is 0. The second-order valence-corrected chi connectivity index (χ2v) is 17.9. The Morgan fingerprint density at radius 3 is 0.912 bits per heavy atom. The number of esters is 3. The van der Waals surface area contributed by atoms with E-state index in [1.807, 2.05) is 0 Å². The molecule has 57 heavy (non-hydrogen) atoms. The molecule has 0 fully saturated rings. The first-order valence-corrected chi connectivity index (χ1v) is 25.3. The molecule has 0 aliphatic heterocycles. The lowest BCUT2D eigenvalue weighted by molar-refractivity contribution is -0.167. The Morgan fingerprint density at radius 1 is 0.351 bits per heavy atom. The van der Waals surface area contributed by atoms with Gasteiger partial charge in [0.15, 0.2) is 6.10 Å². The van der Waals surface area contributed by atoms with E-state index in [-0.39, 0.29) is 31.1 Å². The predicted octanol–water partition coefficient (Wildman–Crippen LogP) is 16.1. The molecule has 0 aromatic rings. The van der Waals surface area contributed by atoms with Crippen molar-refractivity contribution < 1.29 is 28.6 Å². The van der Waals surface area contributed by atoms with Crippen molar-refractivity contribution in [3.8, 4) is 0 Å². The maximum Gasteiger partial charge on any atom is 0.306 e. The van der Waals surface area contributed by atoms with Gasteiger partial charge in [0.25, 0.3) is 0 Å². The van der Waals surface area contributed by atoms with Crippen LogP contribution in [0.25, 0.3) is 0 Å². The van der Waals surface area contributed by atoms with E-state index in [9.17, 15) is 14.4 Å². The lowest BCUT2D eigenvalue weighted by Crippen LogP contribution is -2.30. The molecular formula is C51H98O6. The number of hydrogen-bond acceptors (Lipinski definition) is 6. The Morgan fingerprint density at radius 2 is 0.614 bits per heavy atom. The van der Waals surface area contributed by atoms with Crippen molar-refractivity contribution in [2.45, 2.75) is 285 Å². The first kappa shape index (κ1) is 55.4. The number of carbonyl (C=O) groups is 3. The number of unbranched alkanes of at least 4 members (excludes halogenated alkanes) is 28. The Labute approximate surface area is 355 Å². The monoisotopic (exact) mass is 807 g/mol. The summed E-state index contributed by atoms with van der Waals surface area (Å²) in [6, 6.07) is 0. The first-order valence-electron chi connectivity index (χ1n) is 25.3. The molecule has 0 saturated heterocycles. The summed E-state index contributed by atoms with van der Waals surface area (Å²) in [6.07, 6.45) is 44.1. The average Bonchev–Trinajstić information content (AvgIpc) is 3.21. The molecule has 0 heterocycles. The van der Waals surface area contributed by atoms with E-state index in [1.165, 1.54) is 161 Å². The van der Waals surface area contributed by atoms with Crippen LogP contribution < -0.4 is 0 Å². The third-order valence-corrected chi connectivity index (χ3v) is 12.2. The average molecular weight is 807 g/mol. The zero-order chi connectivity index (χ0) is 41.9. The second-order valence-electron chi connectivity index (χ2n) is 17.9. The summed E-state index contributed by atoms with van der Waals surface area (Å²) in [7, 11) is 0. The van der Waals surface area contributed by atoms with E-state index in [0.29, 0.717) is 19.3 Å². The summed E-state index contributed by atoms with van der Waals surface area (Å²) in [5.41, 5.74) is 0. The normalized spacial score (nSPS) is 13.0. The molecule has 0 aromatic heterocycles. The van der Waals surface area contributed by atoms with Gasteiger partial charge in [-0.25, -0.2) is 0 Å². The molecule has 0 saturated carbocycles. The van der Waals surface area contributed by atoms with Crippen LogP contribution in [0.5, 0.6) is 0 Å². The molecule has 0 aliphatic rings. The van der Waals surface area contributed by atoms with Gasteiger partial charge in [-0.15, -0.1) is 0 Å². The van der Waals surface area contributed by atoms with Gasteiger partial charge in [-0.3, -0.25) is 14.4 Å². The van der Waals surface area contributed by atoms with Crippen molar-refractivity contribution in [2.24, 2.45) is 11.8 Å². The Kier molecular flexibility index (Phi) is 42.7. The minimum Gasteiger partial charge on any atom is -0.462 e.